The average Bonchev–Trinajstić information content (AvgIpc) is 2.75. The Morgan fingerprint density at radius 1 is 1.07 bits per heavy atom. The van der Waals surface area contributed by atoms with Crippen molar-refractivity contribution in [3.05, 3.63) is 83.7 Å². The Bertz CT molecular complexity index is 1070. The molecule has 0 aliphatic heterocycles. The fourth-order valence-electron chi connectivity index (χ4n) is 2.60. The summed E-state index contributed by atoms with van der Waals surface area (Å²) in [6, 6.07) is 18.9. The zero-order chi connectivity index (χ0) is 20.6. The minimum absolute atomic E-state index is 0.219. The van der Waals surface area contributed by atoms with E-state index >= 15 is 0 Å². The van der Waals surface area contributed by atoms with Crippen molar-refractivity contribution in [1.82, 2.24) is 4.98 Å². The molecule has 0 unspecified atom stereocenters. The lowest BCUT2D eigenvalue weighted by Crippen LogP contribution is -2.13. The maximum atomic E-state index is 12.4. The van der Waals surface area contributed by atoms with Crippen LogP contribution < -0.4 is 10.6 Å². The molecule has 3 rings (SSSR count). The van der Waals surface area contributed by atoms with Crippen LogP contribution in [0, 0.1) is 11.3 Å². The van der Waals surface area contributed by atoms with Crippen molar-refractivity contribution in [2.24, 2.45) is 0 Å². The lowest BCUT2D eigenvalue weighted by molar-refractivity contribution is 0.0527. The summed E-state index contributed by atoms with van der Waals surface area (Å²) < 4.78 is 5.06. The largest absolute Gasteiger partial charge is 0.462 e. The highest BCUT2D eigenvalue weighted by atomic mass is 16.5. The molecule has 1 amide bonds. The van der Waals surface area contributed by atoms with Gasteiger partial charge in [-0.25, -0.2) is 9.78 Å². The van der Waals surface area contributed by atoms with Crippen LogP contribution in [0.2, 0.25) is 0 Å². The van der Waals surface area contributed by atoms with Crippen LogP contribution in [0.4, 0.5) is 17.1 Å². The average molecular weight is 386 g/mol. The number of benzene rings is 2. The van der Waals surface area contributed by atoms with Crippen molar-refractivity contribution < 1.29 is 14.3 Å². The SMILES string of the molecule is CCOC(=O)c1ccccc1Nc1ccc(C(=O)Nc2cccc(C#N)c2)nc1. The van der Waals surface area contributed by atoms with Gasteiger partial charge in [0.25, 0.3) is 5.91 Å². The number of nitrogens with one attached hydrogen (secondary N) is 2. The third-order valence-electron chi connectivity index (χ3n) is 3.95. The minimum atomic E-state index is -0.417. The van der Waals surface area contributed by atoms with Gasteiger partial charge < -0.3 is 15.4 Å². The molecule has 1 aromatic heterocycles. The monoisotopic (exact) mass is 386 g/mol. The van der Waals surface area contributed by atoms with Crippen LogP contribution in [0.3, 0.4) is 0 Å². The number of aromatic nitrogens is 1. The van der Waals surface area contributed by atoms with Gasteiger partial charge in [-0.2, -0.15) is 5.26 Å². The highest BCUT2D eigenvalue weighted by Crippen LogP contribution is 2.21. The standard InChI is InChI=1S/C22H18N4O3/c1-2-29-22(28)18-8-3-4-9-19(18)25-17-10-11-20(24-14-17)21(27)26-16-7-5-6-15(12-16)13-23/h3-12,14,25H,2H2,1H3,(H,26,27). The quantitative estimate of drug-likeness (QED) is 0.618. The predicted molar refractivity (Wildman–Crippen MR) is 109 cm³/mol. The first-order chi connectivity index (χ1) is 14.1. The van der Waals surface area contributed by atoms with E-state index in [4.69, 9.17) is 10.00 Å². The number of anilines is 3. The maximum absolute atomic E-state index is 12.4. The number of rotatable bonds is 6. The van der Waals surface area contributed by atoms with Crippen molar-refractivity contribution in [2.45, 2.75) is 6.92 Å². The van der Waals surface area contributed by atoms with Gasteiger partial charge in [0.05, 0.1) is 41.4 Å². The summed E-state index contributed by atoms with van der Waals surface area (Å²) >= 11 is 0. The number of carbonyl (C=O) groups is 2. The molecule has 2 aromatic carbocycles. The molecule has 0 saturated carbocycles. The van der Waals surface area contributed by atoms with Gasteiger partial charge in [-0.05, 0) is 49.4 Å². The summed E-state index contributed by atoms with van der Waals surface area (Å²) in [6.07, 6.45) is 1.50. The van der Waals surface area contributed by atoms with E-state index in [0.717, 1.165) is 0 Å². The first-order valence-electron chi connectivity index (χ1n) is 8.91. The van der Waals surface area contributed by atoms with E-state index in [0.29, 0.717) is 28.2 Å². The van der Waals surface area contributed by atoms with Gasteiger partial charge in [-0.3, -0.25) is 4.79 Å². The summed E-state index contributed by atoms with van der Waals surface area (Å²) in [4.78, 5) is 28.6. The van der Waals surface area contributed by atoms with Gasteiger partial charge in [-0.1, -0.05) is 18.2 Å². The van der Waals surface area contributed by atoms with E-state index in [1.807, 2.05) is 6.07 Å². The van der Waals surface area contributed by atoms with Crippen molar-refractivity contribution in [2.75, 3.05) is 17.2 Å². The Hall–Kier alpha value is -4.18. The Kier molecular flexibility index (Phi) is 6.18. The first-order valence-corrected chi connectivity index (χ1v) is 8.91. The van der Waals surface area contributed by atoms with Gasteiger partial charge in [0, 0.05) is 5.69 Å². The second kappa shape index (κ2) is 9.15. The molecule has 0 bridgehead atoms. The van der Waals surface area contributed by atoms with Gasteiger partial charge in [0.15, 0.2) is 0 Å². The molecule has 3 aromatic rings. The number of hydrogen-bond donors (Lipinski definition) is 2. The van der Waals surface area contributed by atoms with Crippen LogP contribution in [0.25, 0.3) is 0 Å². The number of ether oxygens (including phenoxy) is 1. The summed E-state index contributed by atoms with van der Waals surface area (Å²) in [5, 5.41) is 14.8. The fraction of sp³-hybridized carbons (Fsp3) is 0.0909. The number of nitrogens with zero attached hydrogens (tertiary/aromatic N) is 2. The maximum Gasteiger partial charge on any atom is 0.340 e. The Morgan fingerprint density at radius 2 is 1.90 bits per heavy atom. The fourth-order valence-corrected chi connectivity index (χ4v) is 2.60. The molecule has 0 fully saturated rings. The molecule has 29 heavy (non-hydrogen) atoms. The summed E-state index contributed by atoms with van der Waals surface area (Å²) in [5.74, 6) is -0.808. The van der Waals surface area contributed by atoms with Crippen LogP contribution in [0.15, 0.2) is 66.9 Å². The van der Waals surface area contributed by atoms with Crippen molar-refractivity contribution in [1.29, 1.82) is 5.26 Å². The molecule has 144 valence electrons. The molecule has 0 aliphatic rings. The molecule has 2 N–H and O–H groups in total. The third-order valence-corrected chi connectivity index (χ3v) is 3.95. The third kappa shape index (κ3) is 4.96. The number of esters is 1. The summed E-state index contributed by atoms with van der Waals surface area (Å²) in [5.41, 5.74) is 2.80. The number of hydrogen-bond acceptors (Lipinski definition) is 6. The molecule has 0 saturated heterocycles. The molecule has 0 spiro atoms. The molecule has 7 nitrogen and oxygen atoms in total. The first kappa shape index (κ1) is 19.6. The van der Waals surface area contributed by atoms with Gasteiger partial charge in [0.1, 0.15) is 5.69 Å². The molecule has 0 aliphatic carbocycles. The molecule has 1 heterocycles. The van der Waals surface area contributed by atoms with Crippen molar-refractivity contribution in [3.8, 4) is 6.07 Å². The number of nitriles is 1. The van der Waals surface area contributed by atoms with Crippen molar-refractivity contribution in [3.63, 3.8) is 0 Å². The van der Waals surface area contributed by atoms with E-state index < -0.39 is 11.9 Å². The molecule has 7 heteroatoms. The van der Waals surface area contributed by atoms with Gasteiger partial charge >= 0.3 is 5.97 Å². The van der Waals surface area contributed by atoms with E-state index in [1.54, 1.807) is 67.6 Å². The van der Waals surface area contributed by atoms with Crippen LogP contribution >= 0.6 is 0 Å². The Balaban J connectivity index is 1.72. The Labute approximate surface area is 168 Å². The van der Waals surface area contributed by atoms with Gasteiger partial charge in [0.2, 0.25) is 0 Å². The highest BCUT2D eigenvalue weighted by Gasteiger charge is 2.13. The topological polar surface area (TPSA) is 104 Å². The smallest absolute Gasteiger partial charge is 0.340 e. The minimum Gasteiger partial charge on any atom is -0.462 e. The van der Waals surface area contributed by atoms with E-state index in [9.17, 15) is 9.59 Å². The normalized spacial score (nSPS) is 9.93. The van der Waals surface area contributed by atoms with Crippen LogP contribution in [-0.4, -0.2) is 23.5 Å². The van der Waals surface area contributed by atoms with E-state index in [-0.39, 0.29) is 12.3 Å². The summed E-state index contributed by atoms with van der Waals surface area (Å²) in [7, 11) is 0. The predicted octanol–water partition coefficient (Wildman–Crippen LogP) is 4.13. The van der Waals surface area contributed by atoms with Gasteiger partial charge in [-0.15, -0.1) is 0 Å². The Morgan fingerprint density at radius 3 is 2.62 bits per heavy atom. The number of pyridine rings is 1. The number of para-hydroxylation sites is 1. The molecular formula is C22H18N4O3. The van der Waals surface area contributed by atoms with Crippen molar-refractivity contribution >= 4 is 28.9 Å². The lowest BCUT2D eigenvalue weighted by atomic mass is 10.1. The lowest BCUT2D eigenvalue weighted by Gasteiger charge is -2.11. The highest BCUT2D eigenvalue weighted by molar-refractivity contribution is 6.03. The van der Waals surface area contributed by atoms with E-state index in [2.05, 4.69) is 15.6 Å². The molecule has 0 radical (unpaired) electrons. The molecule has 0 atom stereocenters. The zero-order valence-corrected chi connectivity index (χ0v) is 15.7. The van der Waals surface area contributed by atoms with Crippen LogP contribution in [0.5, 0.6) is 0 Å². The van der Waals surface area contributed by atoms with Crippen LogP contribution in [0.1, 0.15) is 33.3 Å². The summed E-state index contributed by atoms with van der Waals surface area (Å²) in [6.45, 7) is 2.04. The van der Waals surface area contributed by atoms with E-state index in [1.165, 1.54) is 6.20 Å². The number of carbonyl (C=O) groups excluding carboxylic acids is 2. The second-order valence-electron chi connectivity index (χ2n) is 5.97. The number of amides is 1. The molecular weight excluding hydrogens is 368 g/mol. The zero-order valence-electron chi connectivity index (χ0n) is 15.7. The second-order valence-corrected chi connectivity index (χ2v) is 5.97. The van der Waals surface area contributed by atoms with Crippen LogP contribution in [-0.2, 0) is 4.74 Å².